The molecule has 0 bridgehead atoms. The lowest BCUT2D eigenvalue weighted by molar-refractivity contribution is -0.111. The summed E-state index contributed by atoms with van der Waals surface area (Å²) >= 11 is 1.46. The van der Waals surface area contributed by atoms with Crippen molar-refractivity contribution in [1.29, 1.82) is 0 Å². The molecule has 2 aromatic carbocycles. The Morgan fingerprint density at radius 1 is 1.21 bits per heavy atom. The van der Waals surface area contributed by atoms with Crippen molar-refractivity contribution in [3.05, 3.63) is 60.2 Å². The van der Waals surface area contributed by atoms with Gasteiger partial charge in [-0.05, 0) is 42.3 Å². The van der Waals surface area contributed by atoms with Crippen LogP contribution in [0.15, 0.2) is 54.6 Å². The molecule has 0 aliphatic heterocycles. The van der Waals surface area contributed by atoms with Gasteiger partial charge in [0.15, 0.2) is 5.13 Å². The Hall–Kier alpha value is -2.66. The van der Waals surface area contributed by atoms with Gasteiger partial charge in [-0.3, -0.25) is 10.1 Å². The first kappa shape index (κ1) is 16.2. The molecule has 0 aliphatic rings. The van der Waals surface area contributed by atoms with Gasteiger partial charge >= 0.3 is 0 Å². The highest BCUT2D eigenvalue weighted by Crippen LogP contribution is 2.25. The SMILES string of the molecule is CCCOc1ccc(/C=C/C(=O)Nc2nc3ccccc3s2)cc1. The number of amides is 1. The zero-order chi connectivity index (χ0) is 16.8. The van der Waals surface area contributed by atoms with Crippen LogP contribution in [0.3, 0.4) is 0 Å². The molecule has 0 aliphatic carbocycles. The number of aromatic nitrogens is 1. The minimum atomic E-state index is -0.194. The monoisotopic (exact) mass is 338 g/mol. The van der Waals surface area contributed by atoms with Gasteiger partial charge in [0.25, 0.3) is 0 Å². The standard InChI is InChI=1S/C19H18N2O2S/c1-2-13-23-15-10-7-14(8-11-15)9-12-18(22)21-19-20-16-5-3-4-6-17(16)24-19/h3-12H,2,13H2,1H3,(H,20,21,22)/b12-9+. The molecule has 0 radical (unpaired) electrons. The largest absolute Gasteiger partial charge is 0.494 e. The fourth-order valence-corrected chi connectivity index (χ4v) is 3.01. The first-order chi connectivity index (χ1) is 11.7. The number of rotatable bonds is 6. The van der Waals surface area contributed by atoms with Crippen LogP contribution in [0.25, 0.3) is 16.3 Å². The van der Waals surface area contributed by atoms with E-state index < -0.39 is 0 Å². The van der Waals surface area contributed by atoms with Crippen LogP contribution in [-0.4, -0.2) is 17.5 Å². The third kappa shape index (κ3) is 4.20. The Balaban J connectivity index is 1.60. The molecule has 0 saturated heterocycles. The van der Waals surface area contributed by atoms with E-state index in [1.54, 1.807) is 6.08 Å². The lowest BCUT2D eigenvalue weighted by Crippen LogP contribution is -2.07. The number of carbonyl (C=O) groups is 1. The number of nitrogens with one attached hydrogen (secondary N) is 1. The number of carbonyl (C=O) groups excluding carboxylic acids is 1. The summed E-state index contributed by atoms with van der Waals surface area (Å²) in [6.07, 6.45) is 4.26. The van der Waals surface area contributed by atoms with Crippen molar-refractivity contribution in [2.24, 2.45) is 0 Å². The van der Waals surface area contributed by atoms with E-state index in [1.807, 2.05) is 48.5 Å². The van der Waals surface area contributed by atoms with E-state index in [1.165, 1.54) is 17.4 Å². The Morgan fingerprint density at radius 3 is 2.75 bits per heavy atom. The number of hydrogen-bond donors (Lipinski definition) is 1. The summed E-state index contributed by atoms with van der Waals surface area (Å²) in [6.45, 7) is 2.78. The van der Waals surface area contributed by atoms with Crippen LogP contribution < -0.4 is 10.1 Å². The van der Waals surface area contributed by atoms with E-state index >= 15 is 0 Å². The van der Waals surface area contributed by atoms with E-state index in [-0.39, 0.29) is 5.91 Å². The van der Waals surface area contributed by atoms with Gasteiger partial charge < -0.3 is 4.74 Å². The van der Waals surface area contributed by atoms with Crippen molar-refractivity contribution in [2.75, 3.05) is 11.9 Å². The van der Waals surface area contributed by atoms with E-state index in [0.29, 0.717) is 11.7 Å². The Morgan fingerprint density at radius 2 is 2.00 bits per heavy atom. The highest BCUT2D eigenvalue weighted by atomic mass is 32.1. The summed E-state index contributed by atoms with van der Waals surface area (Å²) in [6, 6.07) is 15.5. The quantitative estimate of drug-likeness (QED) is 0.661. The first-order valence-electron chi connectivity index (χ1n) is 7.82. The zero-order valence-corrected chi connectivity index (χ0v) is 14.2. The van der Waals surface area contributed by atoms with Gasteiger partial charge in [-0.2, -0.15) is 0 Å². The number of fused-ring (bicyclic) bond motifs is 1. The van der Waals surface area contributed by atoms with Crippen molar-refractivity contribution in [3.8, 4) is 5.75 Å². The first-order valence-corrected chi connectivity index (χ1v) is 8.64. The number of ether oxygens (including phenoxy) is 1. The van der Waals surface area contributed by atoms with Gasteiger partial charge in [0.05, 0.1) is 16.8 Å². The molecule has 0 saturated carbocycles. The van der Waals surface area contributed by atoms with Crippen LogP contribution in [-0.2, 0) is 4.79 Å². The number of anilines is 1. The van der Waals surface area contributed by atoms with Crippen LogP contribution >= 0.6 is 11.3 Å². The lowest BCUT2D eigenvalue weighted by Gasteiger charge is -2.03. The minimum absolute atomic E-state index is 0.194. The second-order valence-corrected chi connectivity index (χ2v) is 6.26. The van der Waals surface area contributed by atoms with Gasteiger partial charge in [0.1, 0.15) is 5.75 Å². The maximum atomic E-state index is 12.0. The predicted molar refractivity (Wildman–Crippen MR) is 99.5 cm³/mol. The molecule has 3 aromatic rings. The van der Waals surface area contributed by atoms with E-state index in [9.17, 15) is 4.79 Å². The lowest BCUT2D eigenvalue weighted by atomic mass is 10.2. The number of hydrogen-bond acceptors (Lipinski definition) is 4. The molecule has 0 unspecified atom stereocenters. The van der Waals surface area contributed by atoms with Crippen LogP contribution in [0.1, 0.15) is 18.9 Å². The van der Waals surface area contributed by atoms with Crippen molar-refractivity contribution in [3.63, 3.8) is 0 Å². The van der Waals surface area contributed by atoms with Gasteiger partial charge in [-0.1, -0.05) is 42.5 Å². The highest BCUT2D eigenvalue weighted by molar-refractivity contribution is 7.22. The molecule has 0 spiro atoms. The average Bonchev–Trinajstić information content (AvgIpc) is 3.01. The van der Waals surface area contributed by atoms with Gasteiger partial charge in [0.2, 0.25) is 5.91 Å². The molecule has 1 N–H and O–H groups in total. The molecule has 1 aromatic heterocycles. The Labute approximate surface area is 144 Å². The summed E-state index contributed by atoms with van der Waals surface area (Å²) in [7, 11) is 0. The summed E-state index contributed by atoms with van der Waals surface area (Å²) in [4.78, 5) is 16.4. The summed E-state index contributed by atoms with van der Waals surface area (Å²) in [5, 5.41) is 3.40. The Kier molecular flexibility index (Phi) is 5.23. The molecule has 3 rings (SSSR count). The van der Waals surface area contributed by atoms with Crippen molar-refractivity contribution < 1.29 is 9.53 Å². The van der Waals surface area contributed by atoms with Crippen LogP contribution in [0.2, 0.25) is 0 Å². The molecule has 0 atom stereocenters. The molecular formula is C19H18N2O2S. The predicted octanol–water partition coefficient (Wildman–Crippen LogP) is 4.74. The topological polar surface area (TPSA) is 51.2 Å². The highest BCUT2D eigenvalue weighted by Gasteiger charge is 2.05. The zero-order valence-electron chi connectivity index (χ0n) is 13.4. The number of para-hydroxylation sites is 1. The minimum Gasteiger partial charge on any atom is -0.494 e. The van der Waals surface area contributed by atoms with Crippen molar-refractivity contribution in [1.82, 2.24) is 4.98 Å². The third-order valence-electron chi connectivity index (χ3n) is 3.30. The fourth-order valence-electron chi connectivity index (χ4n) is 2.14. The van der Waals surface area contributed by atoms with Crippen molar-refractivity contribution >= 4 is 38.7 Å². The summed E-state index contributed by atoms with van der Waals surface area (Å²) in [5.41, 5.74) is 1.84. The molecule has 1 heterocycles. The molecule has 1 amide bonds. The smallest absolute Gasteiger partial charge is 0.250 e. The van der Waals surface area contributed by atoms with Crippen LogP contribution in [0, 0.1) is 0 Å². The van der Waals surface area contributed by atoms with E-state index in [0.717, 1.165) is 28.0 Å². The van der Waals surface area contributed by atoms with Crippen molar-refractivity contribution in [2.45, 2.75) is 13.3 Å². The van der Waals surface area contributed by atoms with Gasteiger partial charge in [-0.25, -0.2) is 4.98 Å². The third-order valence-corrected chi connectivity index (χ3v) is 4.26. The number of nitrogens with zero attached hydrogens (tertiary/aromatic N) is 1. The van der Waals surface area contributed by atoms with Gasteiger partial charge in [0, 0.05) is 6.08 Å². The maximum Gasteiger partial charge on any atom is 0.250 e. The molecule has 4 nitrogen and oxygen atoms in total. The number of thiazole rings is 1. The maximum absolute atomic E-state index is 12.0. The van der Waals surface area contributed by atoms with E-state index in [4.69, 9.17) is 4.74 Å². The van der Waals surface area contributed by atoms with E-state index in [2.05, 4.69) is 17.2 Å². The molecular weight excluding hydrogens is 320 g/mol. The second kappa shape index (κ2) is 7.75. The molecule has 24 heavy (non-hydrogen) atoms. The Bertz CT molecular complexity index is 820. The average molecular weight is 338 g/mol. The summed E-state index contributed by atoms with van der Waals surface area (Å²) < 4.78 is 6.59. The second-order valence-electron chi connectivity index (χ2n) is 5.23. The van der Waals surface area contributed by atoms with Crippen LogP contribution in [0.5, 0.6) is 5.75 Å². The number of benzene rings is 2. The normalized spacial score (nSPS) is 11.0. The molecule has 0 fully saturated rings. The van der Waals surface area contributed by atoms with Crippen LogP contribution in [0.4, 0.5) is 5.13 Å². The summed E-state index contributed by atoms with van der Waals surface area (Å²) in [5.74, 6) is 0.647. The molecule has 122 valence electrons. The van der Waals surface area contributed by atoms with Gasteiger partial charge in [-0.15, -0.1) is 0 Å². The molecule has 5 heteroatoms. The fraction of sp³-hybridized carbons (Fsp3) is 0.158.